The van der Waals surface area contributed by atoms with Gasteiger partial charge in [0.2, 0.25) is 21.8 Å². The number of methoxy groups -OCH3 is 1. The Hall–Kier alpha value is -4.04. The molecule has 2 aliphatic carbocycles. The summed E-state index contributed by atoms with van der Waals surface area (Å²) < 4.78 is 39.9. The number of hydrogen-bond donors (Lipinski definition) is 2. The zero-order valence-corrected chi connectivity index (χ0v) is 31.6. The molecule has 3 fully saturated rings. The number of thiazole rings is 1. The van der Waals surface area contributed by atoms with Crippen LogP contribution in [0.15, 0.2) is 35.7 Å². The number of allylic oxidation sites excluding steroid dienone is 1. The van der Waals surface area contributed by atoms with E-state index in [1.807, 2.05) is 37.3 Å². The topological polar surface area (TPSA) is 157 Å². The molecule has 2 N–H and O–H groups in total. The number of benzene rings is 1. The fourth-order valence-electron chi connectivity index (χ4n) is 7.06. The first-order valence-corrected chi connectivity index (χ1v) is 20.5. The first-order chi connectivity index (χ1) is 24.9. The summed E-state index contributed by atoms with van der Waals surface area (Å²) in [5.74, 6) is -0.366. The smallest absolute Gasteiger partial charge is 0.259 e. The van der Waals surface area contributed by atoms with Crippen LogP contribution in [-0.2, 0) is 24.4 Å². The van der Waals surface area contributed by atoms with Crippen molar-refractivity contribution in [3.8, 4) is 22.2 Å². The number of carbonyl (C=O) groups is 3. The average molecular weight is 748 g/mol. The van der Waals surface area contributed by atoms with Crippen molar-refractivity contribution >= 4 is 50.0 Å². The Morgan fingerprint density at radius 1 is 1.15 bits per heavy atom. The molecule has 12 nitrogen and oxygen atoms in total. The highest BCUT2D eigenvalue weighted by atomic mass is 32.2. The van der Waals surface area contributed by atoms with Crippen LogP contribution in [0.2, 0.25) is 0 Å². The van der Waals surface area contributed by atoms with Crippen molar-refractivity contribution < 1.29 is 32.3 Å². The van der Waals surface area contributed by atoms with Gasteiger partial charge >= 0.3 is 0 Å². The molecule has 4 aliphatic rings. The number of aryl methyl sites for hydroxylation is 1. The van der Waals surface area contributed by atoms with Crippen LogP contribution in [0.4, 0.5) is 0 Å². The summed E-state index contributed by atoms with van der Waals surface area (Å²) >= 11 is 1.54. The molecule has 4 heterocycles. The van der Waals surface area contributed by atoms with E-state index in [1.54, 1.807) is 18.4 Å². The third-order valence-electron chi connectivity index (χ3n) is 10.5. The maximum atomic E-state index is 14.2. The number of aromatic nitrogens is 2. The van der Waals surface area contributed by atoms with E-state index in [4.69, 9.17) is 19.4 Å². The number of hydrogen-bond acceptors (Lipinski definition) is 10. The molecular formula is C38H45N5O7S2. The molecule has 14 heteroatoms. The van der Waals surface area contributed by atoms with Gasteiger partial charge in [-0.3, -0.25) is 19.1 Å². The number of fused-ring (bicyclic) bond motifs is 3. The summed E-state index contributed by atoms with van der Waals surface area (Å²) in [6.07, 6.45) is 12.7. The molecule has 276 valence electrons. The quantitative estimate of drug-likeness (QED) is 0.295. The number of nitrogens with zero attached hydrogens (tertiary/aromatic N) is 3. The molecule has 2 aliphatic heterocycles. The van der Waals surface area contributed by atoms with Gasteiger partial charge in [-0.15, -0.1) is 11.3 Å². The van der Waals surface area contributed by atoms with Gasteiger partial charge in [0.05, 0.1) is 36.5 Å². The lowest BCUT2D eigenvalue weighted by Crippen LogP contribution is -2.56. The summed E-state index contributed by atoms with van der Waals surface area (Å²) in [4.78, 5) is 52.8. The highest BCUT2D eigenvalue weighted by molar-refractivity contribution is 7.90. The molecular weight excluding hydrogens is 703 g/mol. The van der Waals surface area contributed by atoms with E-state index in [1.165, 1.54) is 18.7 Å². The van der Waals surface area contributed by atoms with Gasteiger partial charge in [0.15, 0.2) is 0 Å². The lowest BCUT2D eigenvalue weighted by Gasteiger charge is -2.26. The highest BCUT2D eigenvalue weighted by Gasteiger charge is 2.61. The fourth-order valence-corrected chi connectivity index (χ4v) is 8.59. The van der Waals surface area contributed by atoms with Crippen molar-refractivity contribution in [2.45, 2.75) is 107 Å². The fraction of sp³-hybridized carbons (Fsp3) is 0.526. The van der Waals surface area contributed by atoms with Crippen LogP contribution in [0.25, 0.3) is 21.6 Å². The maximum Gasteiger partial charge on any atom is 0.259 e. The number of amides is 3. The number of nitrogens with one attached hydrogen (secondary N) is 2. The van der Waals surface area contributed by atoms with Gasteiger partial charge in [0.1, 0.15) is 39.9 Å². The summed E-state index contributed by atoms with van der Waals surface area (Å²) in [6, 6.07) is 4.66. The summed E-state index contributed by atoms with van der Waals surface area (Å²) in [6.45, 7) is 5.03. The van der Waals surface area contributed by atoms with Crippen LogP contribution in [0, 0.1) is 19.3 Å². The van der Waals surface area contributed by atoms with E-state index < -0.39 is 50.7 Å². The monoisotopic (exact) mass is 747 g/mol. The molecule has 2 radical (unpaired) electrons. The first kappa shape index (κ1) is 36.3. The molecule has 1 aromatic carbocycles. The van der Waals surface area contributed by atoms with Gasteiger partial charge in [-0.25, -0.2) is 18.4 Å². The highest BCUT2D eigenvalue weighted by Crippen LogP contribution is 2.46. The average Bonchev–Trinajstić information content (AvgIpc) is 3.97. The Balaban J connectivity index is 1.20. The molecule has 4 atom stereocenters. The Bertz CT molecular complexity index is 2020. The van der Waals surface area contributed by atoms with Crippen molar-refractivity contribution in [3.63, 3.8) is 0 Å². The van der Waals surface area contributed by atoms with Crippen molar-refractivity contribution in [1.82, 2.24) is 24.9 Å². The van der Waals surface area contributed by atoms with Gasteiger partial charge in [-0.05, 0) is 71.4 Å². The Morgan fingerprint density at radius 3 is 2.71 bits per heavy atom. The second-order valence-electron chi connectivity index (χ2n) is 14.6. The lowest BCUT2D eigenvalue weighted by molar-refractivity contribution is -0.137. The van der Waals surface area contributed by atoms with E-state index in [0.717, 1.165) is 60.2 Å². The van der Waals surface area contributed by atoms with E-state index in [9.17, 15) is 22.8 Å². The van der Waals surface area contributed by atoms with Gasteiger partial charge in [-0.2, -0.15) is 0 Å². The zero-order chi connectivity index (χ0) is 36.8. The SMILES string of the molecule is COc1ccc2c(O[C@@H]3C[C@H]4C(=O)N[C@]5(C(=O)NS(=O)(=O)C(C)C)C[C@H]5/C=C\CCCCC[C]C(=O)N4C3)cc(-c3nc(C4CC4)cs3)nc2c1C. The van der Waals surface area contributed by atoms with Crippen LogP contribution < -0.4 is 19.5 Å². The second kappa shape index (κ2) is 14.4. The van der Waals surface area contributed by atoms with Gasteiger partial charge in [0, 0.05) is 40.7 Å². The molecule has 3 aromatic rings. The Kier molecular flexibility index (Phi) is 10.1. The molecule has 1 saturated heterocycles. The molecule has 0 spiro atoms. The van der Waals surface area contributed by atoms with E-state index >= 15 is 0 Å². The summed E-state index contributed by atoms with van der Waals surface area (Å²) in [5, 5.41) is 5.69. The number of carbonyl (C=O) groups excluding carboxylic acids is 3. The molecule has 0 unspecified atom stereocenters. The van der Waals surface area contributed by atoms with E-state index in [0.29, 0.717) is 35.0 Å². The summed E-state index contributed by atoms with van der Waals surface area (Å²) in [5.41, 5.74) is 1.84. The molecule has 2 aromatic heterocycles. The third-order valence-corrected chi connectivity index (χ3v) is 13.1. The second-order valence-corrected chi connectivity index (χ2v) is 17.7. The minimum Gasteiger partial charge on any atom is -0.496 e. The van der Waals surface area contributed by atoms with Crippen LogP contribution in [0.1, 0.15) is 88.8 Å². The normalized spacial score (nSPS) is 26.2. The number of rotatable bonds is 8. The van der Waals surface area contributed by atoms with Crippen molar-refractivity contribution in [2.24, 2.45) is 5.92 Å². The maximum absolute atomic E-state index is 14.2. The summed E-state index contributed by atoms with van der Waals surface area (Å²) in [7, 11) is -2.33. The van der Waals surface area contributed by atoms with Gasteiger partial charge < -0.3 is 19.7 Å². The van der Waals surface area contributed by atoms with Crippen molar-refractivity contribution in [2.75, 3.05) is 13.7 Å². The van der Waals surface area contributed by atoms with Gasteiger partial charge in [-0.1, -0.05) is 25.0 Å². The Labute approximate surface area is 308 Å². The minimum absolute atomic E-state index is 0.117. The standard InChI is InChI=1S/C38H45N5O7S2/c1-22(2)52(47,48)42-37(46)38-19-25(38)11-9-7-5-6-8-10-12-33(44)43-20-26(17-30(43)35(45)41-38)50-32-18-28(36-40-29(21-51-36)24-13-14-24)39-34-23(3)31(49-4)16-15-27(32)34/h9,11,15-16,18,21-22,24-26,30H,5-8,10,13-14,17,19-20H2,1-4H3,(H,41,45)(H,42,46)/b11-9-/t25-,26-,30+,38-/m1/s1. The van der Waals surface area contributed by atoms with Crippen molar-refractivity contribution in [1.29, 1.82) is 0 Å². The Morgan fingerprint density at radius 2 is 1.96 bits per heavy atom. The molecule has 2 saturated carbocycles. The lowest BCUT2D eigenvalue weighted by atomic mass is 10.1. The van der Waals surface area contributed by atoms with Crippen LogP contribution in [0.3, 0.4) is 0 Å². The predicted molar refractivity (Wildman–Crippen MR) is 197 cm³/mol. The predicted octanol–water partition coefficient (Wildman–Crippen LogP) is 5.23. The van der Waals surface area contributed by atoms with Crippen LogP contribution in [0.5, 0.6) is 11.5 Å². The molecule has 7 rings (SSSR count). The molecule has 0 bridgehead atoms. The van der Waals surface area contributed by atoms with Crippen molar-refractivity contribution in [3.05, 3.63) is 53.4 Å². The first-order valence-electron chi connectivity index (χ1n) is 18.1. The van der Waals surface area contributed by atoms with E-state index in [2.05, 4.69) is 21.8 Å². The largest absolute Gasteiger partial charge is 0.496 e. The van der Waals surface area contributed by atoms with Crippen LogP contribution >= 0.6 is 11.3 Å². The third kappa shape index (κ3) is 7.28. The number of ether oxygens (including phenoxy) is 2. The molecule has 52 heavy (non-hydrogen) atoms. The zero-order valence-electron chi connectivity index (χ0n) is 29.9. The van der Waals surface area contributed by atoms with E-state index in [-0.39, 0.29) is 25.3 Å². The number of pyridine rings is 1. The number of sulfonamides is 1. The minimum atomic E-state index is -3.95. The molecule has 3 amide bonds. The van der Waals surface area contributed by atoms with Gasteiger partial charge in [0.25, 0.3) is 5.91 Å². The van der Waals surface area contributed by atoms with Crippen LogP contribution in [-0.4, -0.2) is 77.6 Å².